The Bertz CT molecular complexity index is 1080. The van der Waals surface area contributed by atoms with Crippen molar-refractivity contribution in [2.45, 2.75) is 36.5 Å². The van der Waals surface area contributed by atoms with Crippen molar-refractivity contribution in [1.29, 1.82) is 0 Å². The van der Waals surface area contributed by atoms with Gasteiger partial charge >= 0.3 is 0 Å². The van der Waals surface area contributed by atoms with Crippen LogP contribution in [0.15, 0.2) is 52.3 Å². The van der Waals surface area contributed by atoms with Crippen LogP contribution in [0.4, 0.5) is 5.69 Å². The highest BCUT2D eigenvalue weighted by Crippen LogP contribution is 2.29. The van der Waals surface area contributed by atoms with Gasteiger partial charge in [0.25, 0.3) is 0 Å². The first-order valence-electron chi connectivity index (χ1n) is 10.1. The number of carbonyl (C=O) groups is 2. The van der Waals surface area contributed by atoms with Gasteiger partial charge in [-0.3, -0.25) is 9.59 Å². The lowest BCUT2D eigenvalue weighted by atomic mass is 9.97. The summed E-state index contributed by atoms with van der Waals surface area (Å²) in [5.41, 5.74) is 7.82. The SMILES string of the molecule is Cc1ccc(S(=O)(=O)N2CCC(C(=O)Nc3ccccc3SCC(N)=O)CC2)cc1C. The summed E-state index contributed by atoms with van der Waals surface area (Å²) in [5.74, 6) is -0.721. The first-order chi connectivity index (χ1) is 14.7. The van der Waals surface area contributed by atoms with Crippen LogP contribution in [0, 0.1) is 19.8 Å². The van der Waals surface area contributed by atoms with E-state index < -0.39 is 15.9 Å². The van der Waals surface area contributed by atoms with Crippen LogP contribution >= 0.6 is 11.8 Å². The van der Waals surface area contributed by atoms with Crippen molar-refractivity contribution in [3.05, 3.63) is 53.6 Å². The summed E-state index contributed by atoms with van der Waals surface area (Å²) >= 11 is 1.27. The Morgan fingerprint density at radius 1 is 1.10 bits per heavy atom. The van der Waals surface area contributed by atoms with Crippen molar-refractivity contribution in [1.82, 2.24) is 4.31 Å². The molecule has 2 aromatic rings. The van der Waals surface area contributed by atoms with Crippen LogP contribution in [0.1, 0.15) is 24.0 Å². The molecule has 0 atom stereocenters. The van der Waals surface area contributed by atoms with Gasteiger partial charge in [-0.2, -0.15) is 4.31 Å². The summed E-state index contributed by atoms with van der Waals surface area (Å²) in [7, 11) is -3.58. The van der Waals surface area contributed by atoms with Crippen molar-refractivity contribution in [2.75, 3.05) is 24.2 Å². The van der Waals surface area contributed by atoms with Crippen LogP contribution in [0.25, 0.3) is 0 Å². The summed E-state index contributed by atoms with van der Waals surface area (Å²) in [4.78, 5) is 24.9. The number of sulfonamides is 1. The van der Waals surface area contributed by atoms with E-state index in [1.54, 1.807) is 18.2 Å². The quantitative estimate of drug-likeness (QED) is 0.616. The Balaban J connectivity index is 1.63. The number of amides is 2. The van der Waals surface area contributed by atoms with E-state index >= 15 is 0 Å². The number of hydrogen-bond acceptors (Lipinski definition) is 5. The van der Waals surface area contributed by atoms with Crippen molar-refractivity contribution in [3.63, 3.8) is 0 Å². The molecule has 7 nitrogen and oxygen atoms in total. The van der Waals surface area contributed by atoms with Crippen LogP contribution in [-0.2, 0) is 19.6 Å². The zero-order valence-electron chi connectivity index (χ0n) is 17.6. The molecule has 0 spiro atoms. The summed E-state index contributed by atoms with van der Waals surface area (Å²) in [5, 5.41) is 2.92. The van der Waals surface area contributed by atoms with E-state index in [4.69, 9.17) is 5.73 Å². The topological polar surface area (TPSA) is 110 Å². The molecule has 3 rings (SSSR count). The number of rotatable bonds is 7. The third-order valence-corrected chi connectivity index (χ3v) is 8.45. The van der Waals surface area contributed by atoms with Gasteiger partial charge < -0.3 is 11.1 Å². The number of anilines is 1. The lowest BCUT2D eigenvalue weighted by Crippen LogP contribution is -2.41. The second-order valence-electron chi connectivity index (χ2n) is 7.66. The molecule has 0 aromatic heterocycles. The minimum Gasteiger partial charge on any atom is -0.369 e. The van der Waals surface area contributed by atoms with Crippen LogP contribution in [0.2, 0.25) is 0 Å². The number of nitrogens with one attached hydrogen (secondary N) is 1. The number of thioether (sulfide) groups is 1. The van der Waals surface area contributed by atoms with Crippen LogP contribution in [-0.4, -0.2) is 43.4 Å². The molecule has 166 valence electrons. The lowest BCUT2D eigenvalue weighted by molar-refractivity contribution is -0.121. The molecule has 0 radical (unpaired) electrons. The molecule has 1 aliphatic rings. The standard InChI is InChI=1S/C22H27N3O4S2/c1-15-7-8-18(13-16(15)2)31(28,29)25-11-9-17(10-12-25)22(27)24-19-5-3-4-6-20(19)30-14-21(23)26/h3-8,13,17H,9-12,14H2,1-2H3,(H2,23,26)(H,24,27). The highest BCUT2D eigenvalue weighted by atomic mass is 32.2. The van der Waals surface area contributed by atoms with E-state index in [1.807, 2.05) is 38.1 Å². The summed E-state index contributed by atoms with van der Waals surface area (Å²) in [6, 6.07) is 12.4. The smallest absolute Gasteiger partial charge is 0.243 e. The van der Waals surface area contributed by atoms with Crippen LogP contribution in [0.5, 0.6) is 0 Å². The van der Waals surface area contributed by atoms with Crippen LogP contribution in [0.3, 0.4) is 0 Å². The molecule has 0 aliphatic carbocycles. The minimum absolute atomic E-state index is 0.127. The molecular formula is C22H27N3O4S2. The largest absolute Gasteiger partial charge is 0.369 e. The molecule has 1 aliphatic heterocycles. The van der Waals surface area contributed by atoms with E-state index in [1.165, 1.54) is 16.1 Å². The highest BCUT2D eigenvalue weighted by Gasteiger charge is 2.32. The molecule has 31 heavy (non-hydrogen) atoms. The first-order valence-corrected chi connectivity index (χ1v) is 12.5. The molecular weight excluding hydrogens is 434 g/mol. The van der Waals surface area contributed by atoms with Gasteiger partial charge in [0.05, 0.1) is 16.3 Å². The Labute approximate surface area is 187 Å². The molecule has 1 saturated heterocycles. The van der Waals surface area contributed by atoms with E-state index in [0.717, 1.165) is 16.0 Å². The Morgan fingerprint density at radius 2 is 1.77 bits per heavy atom. The lowest BCUT2D eigenvalue weighted by Gasteiger charge is -2.30. The second kappa shape index (κ2) is 9.84. The predicted molar refractivity (Wildman–Crippen MR) is 122 cm³/mol. The predicted octanol–water partition coefficient (Wildman–Crippen LogP) is 2.92. The average molecular weight is 462 g/mol. The number of nitrogens with two attached hydrogens (primary N) is 1. The highest BCUT2D eigenvalue weighted by molar-refractivity contribution is 8.00. The third kappa shape index (κ3) is 5.66. The number of nitrogens with zero attached hydrogens (tertiary/aromatic N) is 1. The molecule has 0 unspecified atom stereocenters. The van der Waals surface area contributed by atoms with Crippen molar-refractivity contribution < 1.29 is 18.0 Å². The van der Waals surface area contributed by atoms with Crippen molar-refractivity contribution >= 4 is 39.3 Å². The Hall–Kier alpha value is -2.36. The van der Waals surface area contributed by atoms with Gasteiger partial charge in [0, 0.05) is 23.9 Å². The number of aryl methyl sites for hydroxylation is 2. The van der Waals surface area contributed by atoms with Gasteiger partial charge in [-0.15, -0.1) is 11.8 Å². The molecule has 2 amide bonds. The van der Waals surface area contributed by atoms with Gasteiger partial charge in [0.15, 0.2) is 0 Å². The number of piperidine rings is 1. The molecule has 0 saturated carbocycles. The van der Waals surface area contributed by atoms with E-state index in [-0.39, 0.29) is 17.6 Å². The van der Waals surface area contributed by atoms with Gasteiger partial charge in [-0.05, 0) is 62.1 Å². The fraction of sp³-hybridized carbons (Fsp3) is 0.364. The number of benzene rings is 2. The summed E-state index contributed by atoms with van der Waals surface area (Å²) < 4.78 is 27.4. The van der Waals surface area contributed by atoms with Gasteiger partial charge in [0.1, 0.15) is 0 Å². The Kier molecular flexibility index (Phi) is 7.40. The summed E-state index contributed by atoms with van der Waals surface area (Å²) in [6.07, 6.45) is 0.902. The first kappa shape index (κ1) is 23.3. The fourth-order valence-electron chi connectivity index (χ4n) is 3.46. The Morgan fingerprint density at radius 3 is 2.42 bits per heavy atom. The van der Waals surface area contributed by atoms with Gasteiger partial charge in [-0.25, -0.2) is 8.42 Å². The molecule has 3 N–H and O–H groups in total. The summed E-state index contributed by atoms with van der Waals surface area (Å²) in [6.45, 7) is 4.43. The van der Waals surface area contributed by atoms with E-state index in [9.17, 15) is 18.0 Å². The van der Waals surface area contributed by atoms with Crippen LogP contribution < -0.4 is 11.1 Å². The maximum Gasteiger partial charge on any atom is 0.243 e. The maximum absolute atomic E-state index is 13.0. The third-order valence-electron chi connectivity index (χ3n) is 5.46. The van der Waals surface area contributed by atoms with E-state index in [2.05, 4.69) is 5.32 Å². The molecule has 9 heteroatoms. The number of primary amides is 1. The molecule has 0 bridgehead atoms. The minimum atomic E-state index is -3.58. The van der Waals surface area contributed by atoms with E-state index in [0.29, 0.717) is 36.5 Å². The number of hydrogen-bond donors (Lipinski definition) is 2. The zero-order chi connectivity index (χ0) is 22.6. The fourth-order valence-corrected chi connectivity index (χ4v) is 5.76. The van der Waals surface area contributed by atoms with Gasteiger partial charge in [-0.1, -0.05) is 18.2 Å². The molecule has 1 heterocycles. The van der Waals surface area contributed by atoms with Crippen molar-refractivity contribution in [3.8, 4) is 0 Å². The average Bonchev–Trinajstić information content (AvgIpc) is 2.75. The van der Waals surface area contributed by atoms with Gasteiger partial charge in [0.2, 0.25) is 21.8 Å². The monoisotopic (exact) mass is 461 g/mol. The normalized spacial score (nSPS) is 15.5. The molecule has 2 aromatic carbocycles. The second-order valence-corrected chi connectivity index (χ2v) is 10.6. The maximum atomic E-state index is 13.0. The number of para-hydroxylation sites is 1. The number of carbonyl (C=O) groups excluding carboxylic acids is 2. The van der Waals surface area contributed by atoms with Crippen molar-refractivity contribution in [2.24, 2.45) is 11.7 Å². The zero-order valence-corrected chi connectivity index (χ0v) is 19.3. The molecule has 1 fully saturated rings.